The standard InChI is InChI=1S/C16H17BrN2O6/c1-24-15(22)10-4-3-9(17)7-12(10)18-13-11(16(23)25-2)8-19(5-6-20)14(13)21/h3-4,7,18,20H,5-6,8H2,1-2H3. The Labute approximate surface area is 152 Å². The fourth-order valence-corrected chi connectivity index (χ4v) is 2.75. The fourth-order valence-electron chi connectivity index (χ4n) is 2.39. The number of anilines is 1. The molecule has 0 aliphatic carbocycles. The molecule has 0 spiro atoms. The van der Waals surface area contributed by atoms with E-state index in [1.165, 1.54) is 25.2 Å². The highest BCUT2D eigenvalue weighted by atomic mass is 79.9. The molecule has 0 unspecified atom stereocenters. The SMILES string of the molecule is COC(=O)C1=C(Nc2cc(Br)ccc2C(=O)OC)C(=O)N(CCO)C1. The van der Waals surface area contributed by atoms with Crippen LogP contribution in [-0.4, -0.2) is 61.8 Å². The van der Waals surface area contributed by atoms with E-state index in [1.807, 2.05) is 0 Å². The number of hydrogen-bond acceptors (Lipinski definition) is 7. The predicted octanol–water partition coefficient (Wildman–Crippen LogP) is 0.909. The fraction of sp³-hybridized carbons (Fsp3) is 0.312. The van der Waals surface area contributed by atoms with Crippen molar-refractivity contribution in [3.63, 3.8) is 0 Å². The van der Waals surface area contributed by atoms with Gasteiger partial charge in [0.25, 0.3) is 5.91 Å². The van der Waals surface area contributed by atoms with E-state index in [0.717, 1.165) is 0 Å². The van der Waals surface area contributed by atoms with Gasteiger partial charge in [0.15, 0.2) is 0 Å². The van der Waals surface area contributed by atoms with Gasteiger partial charge in [0.2, 0.25) is 0 Å². The smallest absolute Gasteiger partial charge is 0.339 e. The average Bonchev–Trinajstić information content (AvgIpc) is 2.90. The van der Waals surface area contributed by atoms with E-state index in [1.54, 1.807) is 12.1 Å². The van der Waals surface area contributed by atoms with Crippen molar-refractivity contribution in [1.82, 2.24) is 4.90 Å². The molecule has 1 aromatic carbocycles. The summed E-state index contributed by atoms with van der Waals surface area (Å²) in [5.41, 5.74) is 0.632. The van der Waals surface area contributed by atoms with Gasteiger partial charge in [0.05, 0.1) is 44.2 Å². The molecule has 0 aromatic heterocycles. The molecule has 1 heterocycles. The minimum Gasteiger partial charge on any atom is -0.466 e. The number of nitrogens with one attached hydrogen (secondary N) is 1. The molecule has 1 amide bonds. The highest BCUT2D eigenvalue weighted by Gasteiger charge is 2.35. The lowest BCUT2D eigenvalue weighted by Crippen LogP contribution is -2.31. The summed E-state index contributed by atoms with van der Waals surface area (Å²) in [6.07, 6.45) is 0. The minimum absolute atomic E-state index is 0.00329. The van der Waals surface area contributed by atoms with Crippen LogP contribution >= 0.6 is 15.9 Å². The van der Waals surface area contributed by atoms with E-state index in [9.17, 15) is 14.4 Å². The summed E-state index contributed by atoms with van der Waals surface area (Å²) >= 11 is 3.30. The van der Waals surface area contributed by atoms with Gasteiger partial charge in [-0.25, -0.2) is 9.59 Å². The third-order valence-corrected chi connectivity index (χ3v) is 4.09. The molecule has 25 heavy (non-hydrogen) atoms. The summed E-state index contributed by atoms with van der Waals surface area (Å²) in [6, 6.07) is 4.78. The van der Waals surface area contributed by atoms with E-state index < -0.39 is 17.8 Å². The molecule has 9 heteroatoms. The van der Waals surface area contributed by atoms with Gasteiger partial charge in [-0.2, -0.15) is 0 Å². The van der Waals surface area contributed by atoms with Gasteiger partial charge < -0.3 is 24.8 Å². The second-order valence-electron chi connectivity index (χ2n) is 5.10. The maximum Gasteiger partial charge on any atom is 0.339 e. The van der Waals surface area contributed by atoms with Gasteiger partial charge in [-0.1, -0.05) is 15.9 Å². The first-order chi connectivity index (χ1) is 11.9. The van der Waals surface area contributed by atoms with E-state index in [4.69, 9.17) is 14.6 Å². The van der Waals surface area contributed by atoms with Crippen LogP contribution in [0.3, 0.4) is 0 Å². The Morgan fingerprint density at radius 3 is 2.56 bits per heavy atom. The topological polar surface area (TPSA) is 105 Å². The summed E-state index contributed by atoms with van der Waals surface area (Å²) < 4.78 is 10.1. The Morgan fingerprint density at radius 2 is 1.96 bits per heavy atom. The highest BCUT2D eigenvalue weighted by molar-refractivity contribution is 9.10. The van der Waals surface area contributed by atoms with Gasteiger partial charge in [0.1, 0.15) is 5.70 Å². The van der Waals surface area contributed by atoms with E-state index in [0.29, 0.717) is 10.2 Å². The summed E-state index contributed by atoms with van der Waals surface area (Å²) in [6.45, 7) is -0.152. The zero-order chi connectivity index (χ0) is 18.6. The first-order valence-electron chi connectivity index (χ1n) is 7.29. The molecule has 0 saturated carbocycles. The monoisotopic (exact) mass is 412 g/mol. The lowest BCUT2D eigenvalue weighted by Gasteiger charge is -2.16. The average molecular weight is 413 g/mol. The lowest BCUT2D eigenvalue weighted by atomic mass is 10.1. The number of methoxy groups -OCH3 is 2. The molecule has 2 rings (SSSR count). The van der Waals surface area contributed by atoms with E-state index >= 15 is 0 Å². The Bertz CT molecular complexity index is 746. The van der Waals surface area contributed by atoms with Crippen molar-refractivity contribution in [2.75, 3.05) is 39.2 Å². The maximum atomic E-state index is 12.5. The molecule has 8 nitrogen and oxygen atoms in total. The van der Waals surface area contributed by atoms with Crippen molar-refractivity contribution in [3.8, 4) is 0 Å². The molecule has 2 N–H and O–H groups in total. The van der Waals surface area contributed by atoms with Crippen molar-refractivity contribution >= 4 is 39.5 Å². The van der Waals surface area contributed by atoms with Gasteiger partial charge in [-0.05, 0) is 18.2 Å². The number of carbonyl (C=O) groups excluding carboxylic acids is 3. The number of rotatable bonds is 6. The zero-order valence-corrected chi connectivity index (χ0v) is 15.3. The van der Waals surface area contributed by atoms with Gasteiger partial charge in [0, 0.05) is 11.0 Å². The largest absolute Gasteiger partial charge is 0.466 e. The third-order valence-electron chi connectivity index (χ3n) is 3.60. The molecule has 0 fully saturated rings. The zero-order valence-electron chi connectivity index (χ0n) is 13.7. The van der Waals surface area contributed by atoms with Crippen LogP contribution in [-0.2, 0) is 19.1 Å². The number of carbonyl (C=O) groups is 3. The number of nitrogens with zero attached hydrogens (tertiary/aromatic N) is 1. The number of β-amino-alcohol motifs (C(OH)–C–C–N with tert-alkyl or cyclic N) is 1. The van der Waals surface area contributed by atoms with Crippen molar-refractivity contribution in [3.05, 3.63) is 39.5 Å². The van der Waals surface area contributed by atoms with Crippen LogP contribution in [0, 0.1) is 0 Å². The molecule has 0 atom stereocenters. The third kappa shape index (κ3) is 3.99. The predicted molar refractivity (Wildman–Crippen MR) is 91.8 cm³/mol. The molecular formula is C16H17BrN2O6. The molecule has 1 aliphatic rings. The van der Waals surface area contributed by atoms with Crippen molar-refractivity contribution < 1.29 is 29.0 Å². The summed E-state index contributed by atoms with van der Waals surface area (Å²) in [7, 11) is 2.46. The van der Waals surface area contributed by atoms with Gasteiger partial charge in [-0.15, -0.1) is 0 Å². The number of aliphatic hydroxyl groups excluding tert-OH is 1. The quantitative estimate of drug-likeness (QED) is 0.668. The Hall–Kier alpha value is -2.39. The van der Waals surface area contributed by atoms with E-state index in [-0.39, 0.29) is 36.5 Å². The maximum absolute atomic E-state index is 12.5. The number of esters is 2. The molecular weight excluding hydrogens is 396 g/mol. The molecule has 1 aromatic rings. The first kappa shape index (κ1) is 18.9. The first-order valence-corrected chi connectivity index (χ1v) is 8.08. The lowest BCUT2D eigenvalue weighted by molar-refractivity contribution is -0.136. The normalized spacial score (nSPS) is 13.9. The Balaban J connectivity index is 2.45. The summed E-state index contributed by atoms with van der Waals surface area (Å²) in [5, 5.41) is 11.9. The molecule has 0 radical (unpaired) electrons. The minimum atomic E-state index is -0.661. The Morgan fingerprint density at radius 1 is 1.28 bits per heavy atom. The van der Waals surface area contributed by atoms with Crippen molar-refractivity contribution in [1.29, 1.82) is 0 Å². The number of aliphatic hydroxyl groups is 1. The van der Waals surface area contributed by atoms with E-state index in [2.05, 4.69) is 21.2 Å². The van der Waals surface area contributed by atoms with Crippen LogP contribution in [0.15, 0.2) is 33.9 Å². The highest BCUT2D eigenvalue weighted by Crippen LogP contribution is 2.27. The van der Waals surface area contributed by atoms with Crippen LogP contribution in [0.2, 0.25) is 0 Å². The summed E-state index contributed by atoms with van der Waals surface area (Å²) in [5.74, 6) is -1.72. The van der Waals surface area contributed by atoms with Crippen LogP contribution in [0.1, 0.15) is 10.4 Å². The number of amides is 1. The van der Waals surface area contributed by atoms with Crippen molar-refractivity contribution in [2.24, 2.45) is 0 Å². The molecule has 0 bridgehead atoms. The van der Waals surface area contributed by atoms with Crippen LogP contribution in [0.4, 0.5) is 5.69 Å². The number of hydrogen-bond donors (Lipinski definition) is 2. The number of halogens is 1. The molecule has 134 valence electrons. The van der Waals surface area contributed by atoms with Crippen LogP contribution < -0.4 is 5.32 Å². The second-order valence-corrected chi connectivity index (χ2v) is 6.02. The number of ether oxygens (including phenoxy) is 2. The van der Waals surface area contributed by atoms with Crippen LogP contribution in [0.5, 0.6) is 0 Å². The molecule has 1 aliphatic heterocycles. The number of benzene rings is 1. The summed E-state index contributed by atoms with van der Waals surface area (Å²) in [4.78, 5) is 37.8. The van der Waals surface area contributed by atoms with Gasteiger partial charge in [-0.3, -0.25) is 4.79 Å². The van der Waals surface area contributed by atoms with Crippen molar-refractivity contribution in [2.45, 2.75) is 0 Å². The van der Waals surface area contributed by atoms with Crippen LogP contribution in [0.25, 0.3) is 0 Å². The molecule has 0 saturated heterocycles. The Kier molecular flexibility index (Phi) is 6.16. The second kappa shape index (κ2) is 8.13. The van der Waals surface area contributed by atoms with Gasteiger partial charge >= 0.3 is 11.9 Å².